The van der Waals surface area contributed by atoms with E-state index < -0.39 is 0 Å². The Kier molecular flexibility index (Phi) is 14.0. The van der Waals surface area contributed by atoms with E-state index in [4.69, 9.17) is 0 Å². The molecule has 130 valence electrons. The van der Waals surface area contributed by atoms with Crippen LogP contribution in [0.4, 0.5) is 0 Å². The Morgan fingerprint density at radius 1 is 0.952 bits per heavy atom. The summed E-state index contributed by atoms with van der Waals surface area (Å²) in [6, 6.07) is 1.68. The Morgan fingerprint density at radius 2 is 1.48 bits per heavy atom. The third-order valence-corrected chi connectivity index (χ3v) is 5.01. The van der Waals surface area contributed by atoms with E-state index in [0.29, 0.717) is 0 Å². The standard InChI is InChI=1S/C15H31N3.3ClH/c1-4-17(5-2)10-7-11-18-12-14-8-6-9-15(13-18)16(14)3;;;/h14-15H,4-13H2,1-3H3;3*1H. The van der Waals surface area contributed by atoms with Gasteiger partial charge in [0.2, 0.25) is 0 Å². The summed E-state index contributed by atoms with van der Waals surface area (Å²) in [4.78, 5) is 7.90. The molecule has 3 nitrogen and oxygen atoms in total. The van der Waals surface area contributed by atoms with Gasteiger partial charge in [0, 0.05) is 25.2 Å². The highest BCUT2D eigenvalue weighted by molar-refractivity contribution is 5.86. The van der Waals surface area contributed by atoms with Crippen LogP contribution in [-0.2, 0) is 0 Å². The minimum Gasteiger partial charge on any atom is -0.304 e. The number of likely N-dealkylation sites (tertiary alicyclic amines) is 1. The van der Waals surface area contributed by atoms with Crippen molar-refractivity contribution >= 4 is 37.2 Å². The monoisotopic (exact) mass is 361 g/mol. The van der Waals surface area contributed by atoms with Crippen LogP contribution in [0.5, 0.6) is 0 Å². The summed E-state index contributed by atoms with van der Waals surface area (Å²) in [5.74, 6) is 0. The van der Waals surface area contributed by atoms with Crippen molar-refractivity contribution in [2.75, 3.05) is 46.3 Å². The molecule has 2 aliphatic heterocycles. The molecule has 2 atom stereocenters. The van der Waals surface area contributed by atoms with E-state index in [0.717, 1.165) is 12.1 Å². The van der Waals surface area contributed by atoms with Gasteiger partial charge in [-0.25, -0.2) is 0 Å². The number of halogens is 3. The zero-order valence-corrected chi connectivity index (χ0v) is 16.2. The first-order valence-electron chi connectivity index (χ1n) is 7.91. The first-order chi connectivity index (χ1) is 8.74. The lowest BCUT2D eigenvalue weighted by Crippen LogP contribution is -2.59. The Balaban J connectivity index is 0. The van der Waals surface area contributed by atoms with Crippen LogP contribution in [0.1, 0.15) is 39.5 Å². The number of hydrogen-bond donors (Lipinski definition) is 0. The quantitative estimate of drug-likeness (QED) is 0.718. The lowest BCUT2D eigenvalue weighted by atomic mass is 9.92. The molecule has 0 aromatic rings. The maximum absolute atomic E-state index is 2.72. The molecule has 0 N–H and O–H groups in total. The van der Waals surface area contributed by atoms with Gasteiger partial charge in [-0.05, 0) is 52.5 Å². The fourth-order valence-electron chi connectivity index (χ4n) is 3.65. The predicted octanol–water partition coefficient (Wildman–Crippen LogP) is 3.15. The highest BCUT2D eigenvalue weighted by atomic mass is 35.5. The third kappa shape index (κ3) is 6.80. The van der Waals surface area contributed by atoms with Crippen molar-refractivity contribution in [2.24, 2.45) is 0 Å². The summed E-state index contributed by atoms with van der Waals surface area (Å²) in [6.45, 7) is 12.1. The minimum atomic E-state index is 0. The highest BCUT2D eigenvalue weighted by Crippen LogP contribution is 2.26. The SMILES string of the molecule is CCN(CC)CCCN1CC2CCCC(C1)N2C.Cl.Cl.Cl. The molecule has 0 saturated carbocycles. The third-order valence-electron chi connectivity index (χ3n) is 5.01. The molecule has 0 aromatic heterocycles. The summed E-state index contributed by atoms with van der Waals surface area (Å²) >= 11 is 0. The van der Waals surface area contributed by atoms with Crippen molar-refractivity contribution in [1.29, 1.82) is 0 Å². The molecule has 2 bridgehead atoms. The molecule has 6 heteroatoms. The van der Waals surface area contributed by atoms with Crippen LogP contribution in [-0.4, -0.2) is 73.1 Å². The molecule has 2 saturated heterocycles. The zero-order chi connectivity index (χ0) is 13.0. The van der Waals surface area contributed by atoms with Crippen LogP contribution >= 0.6 is 37.2 Å². The molecular formula is C15H34Cl3N3. The molecular weight excluding hydrogens is 329 g/mol. The highest BCUT2D eigenvalue weighted by Gasteiger charge is 2.34. The Bertz CT molecular complexity index is 238. The van der Waals surface area contributed by atoms with Gasteiger partial charge < -0.3 is 9.80 Å². The van der Waals surface area contributed by atoms with Gasteiger partial charge >= 0.3 is 0 Å². The lowest BCUT2D eigenvalue weighted by molar-refractivity contribution is 0.00879. The predicted molar refractivity (Wildman–Crippen MR) is 99.8 cm³/mol. The van der Waals surface area contributed by atoms with Crippen LogP contribution < -0.4 is 0 Å². The first kappa shape index (κ1) is 24.0. The first-order valence-corrected chi connectivity index (χ1v) is 7.91. The van der Waals surface area contributed by atoms with Crippen molar-refractivity contribution in [3.05, 3.63) is 0 Å². The van der Waals surface area contributed by atoms with Crippen molar-refractivity contribution in [1.82, 2.24) is 14.7 Å². The second-order valence-corrected chi connectivity index (χ2v) is 6.04. The number of nitrogens with zero attached hydrogens (tertiary/aromatic N) is 3. The van der Waals surface area contributed by atoms with Gasteiger partial charge in [-0.1, -0.05) is 20.3 Å². The molecule has 0 radical (unpaired) electrons. The van der Waals surface area contributed by atoms with Gasteiger partial charge in [0.15, 0.2) is 0 Å². The van der Waals surface area contributed by atoms with E-state index >= 15 is 0 Å². The maximum atomic E-state index is 2.72. The summed E-state index contributed by atoms with van der Waals surface area (Å²) in [5.41, 5.74) is 0. The Hall–Kier alpha value is 0.750. The second-order valence-electron chi connectivity index (χ2n) is 6.04. The average molecular weight is 363 g/mol. The molecule has 2 heterocycles. The smallest absolute Gasteiger partial charge is 0.0223 e. The van der Waals surface area contributed by atoms with Gasteiger partial charge in [-0.3, -0.25) is 4.90 Å². The van der Waals surface area contributed by atoms with Crippen LogP contribution in [0.2, 0.25) is 0 Å². The molecule has 0 aromatic carbocycles. The van der Waals surface area contributed by atoms with Gasteiger partial charge in [0.1, 0.15) is 0 Å². The van der Waals surface area contributed by atoms with Crippen molar-refractivity contribution in [3.63, 3.8) is 0 Å². The van der Waals surface area contributed by atoms with Crippen LogP contribution in [0.25, 0.3) is 0 Å². The van der Waals surface area contributed by atoms with Gasteiger partial charge in [-0.2, -0.15) is 0 Å². The second kappa shape index (κ2) is 12.2. The van der Waals surface area contributed by atoms with Crippen molar-refractivity contribution in [2.45, 2.75) is 51.6 Å². The van der Waals surface area contributed by atoms with E-state index in [-0.39, 0.29) is 37.2 Å². The number of hydrogen-bond acceptors (Lipinski definition) is 3. The van der Waals surface area contributed by atoms with Gasteiger partial charge in [-0.15, -0.1) is 37.2 Å². The topological polar surface area (TPSA) is 9.72 Å². The maximum Gasteiger partial charge on any atom is 0.0223 e. The summed E-state index contributed by atoms with van der Waals surface area (Å²) < 4.78 is 0. The molecule has 2 fully saturated rings. The van der Waals surface area contributed by atoms with Crippen molar-refractivity contribution < 1.29 is 0 Å². The summed E-state index contributed by atoms with van der Waals surface area (Å²) in [6.07, 6.45) is 5.62. The Labute approximate surface area is 150 Å². The summed E-state index contributed by atoms with van der Waals surface area (Å²) in [7, 11) is 2.34. The Morgan fingerprint density at radius 3 is 1.95 bits per heavy atom. The van der Waals surface area contributed by atoms with E-state index in [1.807, 2.05) is 0 Å². The van der Waals surface area contributed by atoms with E-state index in [9.17, 15) is 0 Å². The van der Waals surface area contributed by atoms with Crippen molar-refractivity contribution in [3.8, 4) is 0 Å². The van der Waals surface area contributed by atoms with Crippen LogP contribution in [0.3, 0.4) is 0 Å². The molecule has 2 rings (SSSR count). The number of piperidine rings is 1. The average Bonchev–Trinajstić information content (AvgIpc) is 2.35. The number of rotatable bonds is 6. The molecule has 2 unspecified atom stereocenters. The van der Waals surface area contributed by atoms with E-state index in [1.165, 1.54) is 65.0 Å². The van der Waals surface area contributed by atoms with Crippen LogP contribution in [0.15, 0.2) is 0 Å². The van der Waals surface area contributed by atoms with Crippen LogP contribution in [0, 0.1) is 0 Å². The number of likely N-dealkylation sites (N-methyl/N-ethyl adjacent to an activating group) is 1. The van der Waals surface area contributed by atoms with Gasteiger partial charge in [0.25, 0.3) is 0 Å². The zero-order valence-electron chi connectivity index (χ0n) is 13.8. The van der Waals surface area contributed by atoms with Gasteiger partial charge in [0.05, 0.1) is 0 Å². The molecule has 21 heavy (non-hydrogen) atoms. The normalized spacial score (nSPS) is 25.7. The number of fused-ring (bicyclic) bond motifs is 2. The molecule has 0 amide bonds. The summed E-state index contributed by atoms with van der Waals surface area (Å²) in [5, 5.41) is 0. The number of piperazine rings is 1. The van der Waals surface area contributed by atoms with E-state index in [1.54, 1.807) is 0 Å². The van der Waals surface area contributed by atoms with E-state index in [2.05, 4.69) is 35.6 Å². The molecule has 0 spiro atoms. The fraction of sp³-hybridized carbons (Fsp3) is 1.00. The largest absolute Gasteiger partial charge is 0.304 e. The fourth-order valence-corrected chi connectivity index (χ4v) is 3.65. The molecule has 2 aliphatic rings. The minimum absolute atomic E-state index is 0. The lowest BCUT2D eigenvalue weighted by Gasteiger charge is -2.48. The molecule has 0 aliphatic carbocycles.